The van der Waals surface area contributed by atoms with Crippen LogP contribution >= 0.6 is 11.8 Å². The Hall–Kier alpha value is -2.48. The summed E-state index contributed by atoms with van der Waals surface area (Å²) in [4.78, 5) is 17.0. The molecule has 1 aliphatic heterocycles. The maximum Gasteiger partial charge on any atom is 0.255 e. The number of hydrogen-bond donors (Lipinski definition) is 2. The minimum atomic E-state index is -0.181. The third-order valence-electron chi connectivity index (χ3n) is 3.60. The minimum Gasteiger partial charge on any atom is -0.492 e. The lowest BCUT2D eigenvalue weighted by molar-refractivity contribution is -0.113. The Bertz CT molecular complexity index is 800. The number of nitrogens with one attached hydrogen (secondary N) is 2. The van der Waals surface area contributed by atoms with Gasteiger partial charge in [0, 0.05) is 5.70 Å². The van der Waals surface area contributed by atoms with Gasteiger partial charge in [-0.25, -0.2) is 4.68 Å². The average Bonchev–Trinajstić information content (AvgIpc) is 2.98. The fraction of sp³-hybridized carbons (Fsp3) is 0.312. The summed E-state index contributed by atoms with van der Waals surface area (Å²) in [6, 6.07) is 7.39. The summed E-state index contributed by atoms with van der Waals surface area (Å²) >= 11 is 1.46. The van der Waals surface area contributed by atoms with Crippen molar-refractivity contribution in [3.63, 3.8) is 0 Å². The first-order valence-corrected chi connectivity index (χ1v) is 8.83. The van der Waals surface area contributed by atoms with Crippen LogP contribution in [0.15, 0.2) is 40.7 Å². The quantitative estimate of drug-likeness (QED) is 0.811. The third kappa shape index (κ3) is 3.23. The summed E-state index contributed by atoms with van der Waals surface area (Å²) in [6.45, 7) is 4.69. The number of ether oxygens (including phenoxy) is 1. The summed E-state index contributed by atoms with van der Waals surface area (Å²) in [6.07, 6.45) is 1.92. The van der Waals surface area contributed by atoms with Crippen LogP contribution in [0, 0.1) is 0 Å². The van der Waals surface area contributed by atoms with Gasteiger partial charge in [-0.3, -0.25) is 4.79 Å². The second-order valence-electron chi connectivity index (χ2n) is 5.19. The van der Waals surface area contributed by atoms with Crippen molar-refractivity contribution in [1.82, 2.24) is 14.8 Å². The topological polar surface area (TPSA) is 81.1 Å². The van der Waals surface area contributed by atoms with E-state index in [0.717, 1.165) is 5.70 Å². The second kappa shape index (κ2) is 6.96. The lowest BCUT2D eigenvalue weighted by Gasteiger charge is -2.20. The number of fused-ring (bicyclic) bond motifs is 1. The summed E-state index contributed by atoms with van der Waals surface area (Å²) in [7, 11) is 0. The highest BCUT2D eigenvalue weighted by Crippen LogP contribution is 2.27. The first kappa shape index (κ1) is 16.4. The highest BCUT2D eigenvalue weighted by molar-refractivity contribution is 7.98. The Labute approximate surface area is 144 Å². The standard InChI is InChI=1S/C16H19N5O2S/c1-4-23-13-8-6-5-7-12(13)18-14(22)11-9-21-15(17-10(11)2)19-16(20-21)24-3/h5-8H,4,9H2,1-3H3,(H,18,22)(H,17,19,20). The van der Waals surface area contributed by atoms with Gasteiger partial charge in [0.05, 0.1) is 24.4 Å². The molecule has 8 heteroatoms. The number of aromatic nitrogens is 3. The van der Waals surface area contributed by atoms with Gasteiger partial charge in [-0.15, -0.1) is 5.10 Å². The molecule has 3 rings (SSSR count). The molecule has 1 aliphatic rings. The maximum absolute atomic E-state index is 12.7. The van der Waals surface area contributed by atoms with Crippen molar-refractivity contribution in [1.29, 1.82) is 0 Å². The number of carbonyl (C=O) groups excluding carboxylic acids is 1. The Morgan fingerprint density at radius 3 is 3.00 bits per heavy atom. The first-order chi connectivity index (χ1) is 11.6. The van der Waals surface area contributed by atoms with Crippen LogP contribution in [0.25, 0.3) is 0 Å². The molecule has 24 heavy (non-hydrogen) atoms. The lowest BCUT2D eigenvalue weighted by atomic mass is 10.1. The summed E-state index contributed by atoms with van der Waals surface area (Å²) in [5.41, 5.74) is 2.04. The van der Waals surface area contributed by atoms with Crippen LogP contribution in [0.5, 0.6) is 5.75 Å². The molecule has 0 saturated carbocycles. The predicted octanol–water partition coefficient (Wildman–Crippen LogP) is 2.74. The van der Waals surface area contributed by atoms with Crippen molar-refractivity contribution >= 4 is 29.3 Å². The van der Waals surface area contributed by atoms with Gasteiger partial charge in [0.25, 0.3) is 5.91 Å². The van der Waals surface area contributed by atoms with Gasteiger partial charge < -0.3 is 15.4 Å². The van der Waals surface area contributed by atoms with Gasteiger partial charge in [-0.05, 0) is 32.2 Å². The van der Waals surface area contributed by atoms with Gasteiger partial charge in [0.2, 0.25) is 11.1 Å². The zero-order valence-electron chi connectivity index (χ0n) is 13.8. The molecule has 1 amide bonds. The molecule has 7 nitrogen and oxygen atoms in total. The second-order valence-corrected chi connectivity index (χ2v) is 5.97. The molecule has 0 bridgehead atoms. The van der Waals surface area contributed by atoms with Crippen LogP contribution in [0.1, 0.15) is 13.8 Å². The maximum atomic E-state index is 12.7. The molecule has 0 saturated heterocycles. The molecule has 2 aromatic rings. The van der Waals surface area contributed by atoms with Crippen LogP contribution in [0.3, 0.4) is 0 Å². The van der Waals surface area contributed by atoms with E-state index < -0.39 is 0 Å². The molecule has 126 valence electrons. The highest BCUT2D eigenvalue weighted by Gasteiger charge is 2.23. The van der Waals surface area contributed by atoms with E-state index in [2.05, 4.69) is 20.7 Å². The Morgan fingerprint density at radius 1 is 1.46 bits per heavy atom. The van der Waals surface area contributed by atoms with E-state index >= 15 is 0 Å². The molecule has 0 radical (unpaired) electrons. The predicted molar refractivity (Wildman–Crippen MR) is 94.4 cm³/mol. The Balaban J connectivity index is 1.80. The van der Waals surface area contributed by atoms with Crippen molar-refractivity contribution in [2.45, 2.75) is 25.5 Å². The van der Waals surface area contributed by atoms with Crippen molar-refractivity contribution < 1.29 is 9.53 Å². The van der Waals surface area contributed by atoms with Gasteiger partial charge >= 0.3 is 0 Å². The van der Waals surface area contributed by atoms with E-state index in [-0.39, 0.29) is 5.91 Å². The van der Waals surface area contributed by atoms with E-state index in [1.54, 1.807) is 4.68 Å². The zero-order valence-corrected chi connectivity index (χ0v) is 14.6. The monoisotopic (exact) mass is 345 g/mol. The SMILES string of the molecule is CCOc1ccccc1NC(=O)C1=C(C)Nc2nc(SC)nn2C1. The summed E-state index contributed by atoms with van der Waals surface area (Å²) < 4.78 is 7.25. The number of amides is 1. The van der Waals surface area contributed by atoms with Crippen LogP contribution in [0.2, 0.25) is 0 Å². The number of benzene rings is 1. The van der Waals surface area contributed by atoms with E-state index in [1.807, 2.05) is 44.4 Å². The molecule has 1 aromatic heterocycles. The number of nitrogens with zero attached hydrogens (tertiary/aromatic N) is 3. The van der Waals surface area contributed by atoms with E-state index in [1.165, 1.54) is 11.8 Å². The minimum absolute atomic E-state index is 0.181. The van der Waals surface area contributed by atoms with Crippen molar-refractivity contribution in [3.8, 4) is 5.75 Å². The zero-order chi connectivity index (χ0) is 17.1. The number of carbonyl (C=O) groups is 1. The van der Waals surface area contributed by atoms with Gasteiger partial charge in [0.15, 0.2) is 0 Å². The number of para-hydroxylation sites is 2. The van der Waals surface area contributed by atoms with Crippen molar-refractivity contribution in [2.24, 2.45) is 0 Å². The number of hydrogen-bond acceptors (Lipinski definition) is 6. The first-order valence-electron chi connectivity index (χ1n) is 7.61. The number of anilines is 2. The highest BCUT2D eigenvalue weighted by atomic mass is 32.2. The fourth-order valence-corrected chi connectivity index (χ4v) is 2.77. The van der Waals surface area contributed by atoms with Gasteiger partial charge in [-0.1, -0.05) is 23.9 Å². The Morgan fingerprint density at radius 2 is 2.25 bits per heavy atom. The molecule has 0 spiro atoms. The molecule has 1 aromatic carbocycles. The van der Waals surface area contributed by atoms with Crippen LogP contribution in [-0.4, -0.2) is 33.5 Å². The lowest BCUT2D eigenvalue weighted by Crippen LogP contribution is -2.26. The van der Waals surface area contributed by atoms with Crippen molar-refractivity contribution in [3.05, 3.63) is 35.5 Å². The summed E-state index contributed by atoms with van der Waals surface area (Å²) in [5.74, 6) is 1.13. The summed E-state index contributed by atoms with van der Waals surface area (Å²) in [5, 5.41) is 11.1. The van der Waals surface area contributed by atoms with E-state index in [9.17, 15) is 4.79 Å². The third-order valence-corrected chi connectivity index (χ3v) is 4.14. The normalized spacial score (nSPS) is 13.3. The molecule has 0 atom stereocenters. The van der Waals surface area contributed by atoms with Crippen LogP contribution in [-0.2, 0) is 11.3 Å². The number of thioether (sulfide) groups is 1. The van der Waals surface area contributed by atoms with E-state index in [4.69, 9.17) is 4.74 Å². The van der Waals surface area contributed by atoms with Crippen molar-refractivity contribution in [2.75, 3.05) is 23.5 Å². The van der Waals surface area contributed by atoms with E-state index in [0.29, 0.717) is 41.3 Å². The molecule has 0 fully saturated rings. The smallest absolute Gasteiger partial charge is 0.255 e. The van der Waals surface area contributed by atoms with Crippen LogP contribution in [0.4, 0.5) is 11.6 Å². The largest absolute Gasteiger partial charge is 0.492 e. The molecule has 0 aliphatic carbocycles. The molecular weight excluding hydrogens is 326 g/mol. The molecule has 0 unspecified atom stereocenters. The Kier molecular flexibility index (Phi) is 4.75. The van der Waals surface area contributed by atoms with Gasteiger partial charge in [-0.2, -0.15) is 4.98 Å². The van der Waals surface area contributed by atoms with Gasteiger partial charge in [0.1, 0.15) is 5.75 Å². The molecular formula is C16H19N5O2S. The fourth-order valence-electron chi connectivity index (χ4n) is 2.41. The number of rotatable bonds is 5. The molecule has 2 N–H and O–H groups in total. The van der Waals surface area contributed by atoms with Crippen LogP contribution < -0.4 is 15.4 Å². The number of allylic oxidation sites excluding steroid dienone is 1. The molecule has 2 heterocycles. The average molecular weight is 345 g/mol.